The Morgan fingerprint density at radius 3 is 2.14 bits per heavy atom. The van der Waals surface area contributed by atoms with Crippen molar-refractivity contribution in [2.24, 2.45) is 16.2 Å². The molecule has 3 aromatic carbocycles. The summed E-state index contributed by atoms with van der Waals surface area (Å²) in [6, 6.07) is 17.6. The van der Waals surface area contributed by atoms with Crippen LogP contribution in [0.1, 0.15) is 106 Å². The van der Waals surface area contributed by atoms with E-state index < -0.39 is 27.5 Å². The van der Waals surface area contributed by atoms with Gasteiger partial charge in [0, 0.05) is 69.8 Å². The van der Waals surface area contributed by atoms with E-state index in [9.17, 15) is 9.90 Å². The minimum absolute atomic E-state index is 0. The Bertz CT molecular complexity index is 2270. The molecule has 0 unspecified atom stereocenters. The van der Waals surface area contributed by atoms with Gasteiger partial charge in [0.15, 0.2) is 5.78 Å². The maximum atomic E-state index is 12.2. The summed E-state index contributed by atoms with van der Waals surface area (Å²) in [6.45, 7) is 8.85. The number of hydrogen-bond acceptors (Lipinski definition) is 5. The second kappa shape index (κ2) is 16.3. The topological polar surface area (TPSA) is 63.1 Å². The molecular weight excluding hydrogens is 829 g/mol. The number of benzene rings is 3. The van der Waals surface area contributed by atoms with Gasteiger partial charge in [0.2, 0.25) is 0 Å². The SMILES string of the molecule is CCC(C)(CC)C(=O)/C=C(\O)C(C)(CC)CC.[2H]C([2H])([2H])[Si](c1cc(-c2ncnc3c2sc2cc(CC(C)(C)C)ccc23)[c-]c2ccccc12)(C([2H])([2H])[2H])C([2H])([2H])[2H].[Ir]. The average molecular weight is 895 g/mol. The van der Waals surface area contributed by atoms with Crippen LogP contribution in [-0.2, 0) is 31.3 Å². The van der Waals surface area contributed by atoms with Crippen LogP contribution in [-0.4, -0.2) is 28.9 Å². The zero-order chi connectivity index (χ0) is 43.9. The van der Waals surface area contributed by atoms with E-state index in [1.807, 2.05) is 47.6 Å². The van der Waals surface area contributed by atoms with Crippen molar-refractivity contribution in [1.82, 2.24) is 9.97 Å². The third-order valence-electron chi connectivity index (χ3n) is 10.1. The monoisotopic (exact) mass is 895 g/mol. The third-order valence-corrected chi connectivity index (χ3v) is 12.5. The zero-order valence-corrected chi connectivity index (χ0v) is 35.0. The summed E-state index contributed by atoms with van der Waals surface area (Å²) in [4.78, 5) is 21.2. The fourth-order valence-electron chi connectivity index (χ4n) is 5.88. The van der Waals surface area contributed by atoms with Gasteiger partial charge in [-0.05, 0) is 49.1 Å². The van der Waals surface area contributed by atoms with Crippen LogP contribution in [0.15, 0.2) is 66.7 Å². The molecule has 271 valence electrons. The molecule has 7 heteroatoms. The van der Waals surface area contributed by atoms with Gasteiger partial charge in [0.1, 0.15) is 12.1 Å². The fourth-order valence-corrected chi connectivity index (χ4v) is 8.09. The van der Waals surface area contributed by atoms with E-state index in [0.29, 0.717) is 22.2 Å². The molecule has 50 heavy (non-hydrogen) atoms. The summed E-state index contributed by atoms with van der Waals surface area (Å²) in [6.07, 6.45) is 7.06. The number of aliphatic hydroxyl groups excluding tert-OH is 1. The summed E-state index contributed by atoms with van der Waals surface area (Å²) >= 11 is 1.49. The van der Waals surface area contributed by atoms with Gasteiger partial charge in [-0.25, -0.2) is 4.98 Å². The minimum Gasteiger partial charge on any atom is -0.512 e. The van der Waals surface area contributed by atoms with E-state index in [4.69, 9.17) is 12.3 Å². The van der Waals surface area contributed by atoms with Crippen LogP contribution in [0.3, 0.4) is 0 Å². The van der Waals surface area contributed by atoms with Gasteiger partial charge in [-0.3, -0.25) is 9.78 Å². The van der Waals surface area contributed by atoms with Gasteiger partial charge < -0.3 is 5.11 Å². The van der Waals surface area contributed by atoms with Gasteiger partial charge in [-0.2, -0.15) is 0 Å². The van der Waals surface area contributed by atoms with Crippen LogP contribution >= 0.6 is 11.3 Å². The van der Waals surface area contributed by atoms with Crippen molar-refractivity contribution >= 4 is 61.5 Å². The van der Waals surface area contributed by atoms with Crippen LogP contribution in [0.25, 0.3) is 42.3 Å². The number of allylic oxidation sites excluding steroid dienone is 2. The molecule has 4 nitrogen and oxygen atoms in total. The van der Waals surface area contributed by atoms with Crippen LogP contribution in [0, 0.1) is 22.3 Å². The summed E-state index contributed by atoms with van der Waals surface area (Å²) in [5.74, 6) is 0.286. The van der Waals surface area contributed by atoms with Crippen molar-refractivity contribution in [2.45, 2.75) is 114 Å². The Labute approximate surface area is 332 Å². The Morgan fingerprint density at radius 2 is 1.54 bits per heavy atom. The first-order valence-corrected chi connectivity index (χ1v) is 20.0. The second-order valence-electron chi connectivity index (χ2n) is 14.9. The molecule has 0 aliphatic rings. The number of fused-ring (bicyclic) bond motifs is 4. The quantitative estimate of drug-likeness (QED) is 0.0657. The van der Waals surface area contributed by atoms with Gasteiger partial charge >= 0.3 is 0 Å². The summed E-state index contributed by atoms with van der Waals surface area (Å²) < 4.78 is 77.0. The predicted octanol–water partition coefficient (Wildman–Crippen LogP) is 12.2. The molecule has 5 aromatic rings. The minimum atomic E-state index is -5.29. The number of aliphatic hydroxyl groups is 1. The molecule has 0 amide bonds. The standard InChI is InChI=1S/C28H29N2SSi.C15H28O2.Ir/c1-28(2,3)16-18-11-12-22-23(13-18)31-27-25(29-17-30-26(22)27)20-14-19-9-7-8-10-21(19)24(15-20)32(4,5)6;1-7-14(5,8-2)12(16)11-13(17)15(6,9-3)10-4;/h7-13,15,17H,16H2,1-6H3;11,16H,7-10H2,1-6H3;/q-1;;/b;12-11-;/i4D3,5D3,6D3;;. The van der Waals surface area contributed by atoms with Crippen molar-refractivity contribution in [3.63, 3.8) is 0 Å². The molecule has 0 fully saturated rings. The summed E-state index contributed by atoms with van der Waals surface area (Å²) in [5, 5.41) is 11.6. The van der Waals surface area contributed by atoms with Gasteiger partial charge in [0.25, 0.3) is 0 Å². The van der Waals surface area contributed by atoms with E-state index in [0.717, 1.165) is 46.9 Å². The van der Waals surface area contributed by atoms with Crippen LogP contribution in [0.4, 0.5) is 0 Å². The van der Waals surface area contributed by atoms with Crippen molar-refractivity contribution < 1.29 is 42.3 Å². The number of thiophene rings is 1. The third kappa shape index (κ3) is 9.20. The molecule has 0 bridgehead atoms. The van der Waals surface area contributed by atoms with Gasteiger partial charge in [-0.15, -0.1) is 40.1 Å². The normalized spacial score (nSPS) is 16.3. The van der Waals surface area contributed by atoms with Crippen LogP contribution < -0.4 is 5.19 Å². The number of rotatable bonds is 10. The molecule has 1 radical (unpaired) electrons. The van der Waals surface area contributed by atoms with Crippen molar-refractivity contribution in [2.75, 3.05) is 0 Å². The second-order valence-corrected chi connectivity index (χ2v) is 18.0. The largest absolute Gasteiger partial charge is 0.512 e. The number of aromatic nitrogens is 2. The molecule has 1 N–H and O–H groups in total. The van der Waals surface area contributed by atoms with E-state index in [2.05, 4.69) is 48.9 Å². The number of carbonyl (C=O) groups excluding carboxylic acids is 1. The van der Waals surface area contributed by atoms with Crippen LogP contribution in [0.5, 0.6) is 0 Å². The zero-order valence-electron chi connectivity index (χ0n) is 39.8. The first-order valence-electron chi connectivity index (χ1n) is 21.7. The number of ketones is 1. The maximum Gasteiger partial charge on any atom is 0.164 e. The van der Waals surface area contributed by atoms with Crippen molar-refractivity contribution in [3.8, 4) is 11.3 Å². The van der Waals surface area contributed by atoms with E-state index >= 15 is 0 Å². The Morgan fingerprint density at radius 1 is 0.900 bits per heavy atom. The maximum absolute atomic E-state index is 12.2. The van der Waals surface area contributed by atoms with Gasteiger partial charge in [0.05, 0.1) is 13.6 Å². The molecule has 2 aromatic heterocycles. The molecule has 0 atom stereocenters. The van der Waals surface area contributed by atoms with Crippen molar-refractivity contribution in [1.29, 1.82) is 0 Å². The number of carbonyl (C=O) groups is 1. The smallest absolute Gasteiger partial charge is 0.164 e. The van der Waals surface area contributed by atoms with Crippen molar-refractivity contribution in [3.05, 3.63) is 78.3 Å². The number of nitrogens with zero attached hydrogens (tertiary/aromatic N) is 2. The Kier molecular flexibility index (Phi) is 9.73. The van der Waals surface area contributed by atoms with E-state index in [1.54, 1.807) is 24.3 Å². The molecule has 0 saturated heterocycles. The van der Waals surface area contributed by atoms with E-state index in [-0.39, 0.29) is 58.5 Å². The summed E-state index contributed by atoms with van der Waals surface area (Å²) in [7, 11) is -5.29. The van der Waals surface area contributed by atoms with Gasteiger partial charge in [-0.1, -0.05) is 123 Å². The molecule has 0 saturated carbocycles. The number of hydrogen-bond donors (Lipinski definition) is 1. The summed E-state index contributed by atoms with van der Waals surface area (Å²) in [5.41, 5.74) is 2.19. The molecule has 0 spiro atoms. The fraction of sp³-hybridized carbons (Fsp3) is 0.465. The Hall–Kier alpha value is -2.70. The molecule has 0 aliphatic carbocycles. The molecular formula is C43H57IrN2O2SSi-. The van der Waals surface area contributed by atoms with E-state index in [1.165, 1.54) is 35.4 Å². The first kappa shape index (κ1) is 29.8. The molecule has 0 aliphatic heterocycles. The average Bonchev–Trinajstić information content (AvgIpc) is 3.50. The predicted molar refractivity (Wildman–Crippen MR) is 216 cm³/mol. The van der Waals surface area contributed by atoms with Crippen LogP contribution in [0.2, 0.25) is 19.4 Å². The Balaban J connectivity index is 0.000000439. The molecule has 5 rings (SSSR count). The molecule has 2 heterocycles. The first-order chi connectivity index (χ1) is 26.6.